The third-order valence-corrected chi connectivity index (χ3v) is 6.02. The molecule has 0 unspecified atom stereocenters. The Bertz CT molecular complexity index is 1450. The maximum absolute atomic E-state index is 9.92. The lowest BCUT2D eigenvalue weighted by Crippen LogP contribution is -2.03. The van der Waals surface area contributed by atoms with Crippen LogP contribution in [0.15, 0.2) is 71.7 Å². The van der Waals surface area contributed by atoms with Crippen molar-refractivity contribution < 1.29 is 14.2 Å². The molecule has 0 atom stereocenters. The molecule has 36 heavy (non-hydrogen) atoms. The number of benzene rings is 3. The van der Waals surface area contributed by atoms with E-state index in [0.717, 1.165) is 32.2 Å². The van der Waals surface area contributed by atoms with Crippen LogP contribution in [0.25, 0.3) is 22.7 Å². The van der Waals surface area contributed by atoms with Crippen LogP contribution in [-0.4, -0.2) is 23.7 Å². The second kappa shape index (κ2) is 11.6. The predicted octanol–water partition coefficient (Wildman–Crippen LogP) is 7.10. The molecule has 7 heteroatoms. The smallest absolute Gasteiger partial charge is 0.165 e. The van der Waals surface area contributed by atoms with Gasteiger partial charge in [0, 0.05) is 16.1 Å². The number of H-pyrrole nitrogens is 1. The van der Waals surface area contributed by atoms with Crippen LogP contribution in [0.4, 0.5) is 0 Å². The number of aromatic nitrogens is 2. The quantitative estimate of drug-likeness (QED) is 0.170. The minimum absolute atomic E-state index is 0.401. The van der Waals surface area contributed by atoms with Gasteiger partial charge < -0.3 is 19.2 Å². The largest absolute Gasteiger partial charge is 0.497 e. The van der Waals surface area contributed by atoms with Gasteiger partial charge in [0.2, 0.25) is 0 Å². The Morgan fingerprint density at radius 3 is 2.64 bits per heavy atom. The van der Waals surface area contributed by atoms with E-state index < -0.39 is 0 Å². The van der Waals surface area contributed by atoms with E-state index in [1.807, 2.05) is 67.6 Å². The van der Waals surface area contributed by atoms with Gasteiger partial charge in [-0.05, 0) is 66.9 Å². The summed E-state index contributed by atoms with van der Waals surface area (Å²) in [5, 5.41) is 9.92. The topological polar surface area (TPSA) is 80.2 Å². The monoisotopic (exact) mass is 543 g/mol. The highest BCUT2D eigenvalue weighted by molar-refractivity contribution is 9.10. The number of ether oxygens (including phenoxy) is 3. The van der Waals surface area contributed by atoms with Gasteiger partial charge in [-0.3, -0.25) is 0 Å². The molecule has 0 saturated carbocycles. The summed E-state index contributed by atoms with van der Waals surface area (Å²) in [6.07, 6.45) is 4.20. The predicted molar refractivity (Wildman–Crippen MR) is 146 cm³/mol. The fourth-order valence-electron chi connectivity index (χ4n) is 3.80. The number of imidazole rings is 1. The number of allylic oxidation sites excluding steroid dienone is 2. The zero-order valence-corrected chi connectivity index (χ0v) is 21.8. The van der Waals surface area contributed by atoms with Crippen LogP contribution < -0.4 is 14.2 Å². The average Bonchev–Trinajstić information content (AvgIpc) is 3.31. The van der Waals surface area contributed by atoms with Gasteiger partial charge >= 0.3 is 0 Å². The van der Waals surface area contributed by atoms with Crippen molar-refractivity contribution in [1.82, 2.24) is 9.97 Å². The van der Waals surface area contributed by atoms with E-state index in [4.69, 9.17) is 14.2 Å². The van der Waals surface area contributed by atoms with Crippen molar-refractivity contribution in [3.8, 4) is 23.3 Å². The molecule has 1 heterocycles. The Labute approximate surface area is 219 Å². The minimum atomic E-state index is 0.401. The van der Waals surface area contributed by atoms with Crippen LogP contribution in [0.5, 0.6) is 17.2 Å². The van der Waals surface area contributed by atoms with Crippen LogP contribution >= 0.6 is 15.9 Å². The van der Waals surface area contributed by atoms with Gasteiger partial charge in [0.05, 0.1) is 30.3 Å². The minimum Gasteiger partial charge on any atom is -0.497 e. The summed E-state index contributed by atoms with van der Waals surface area (Å²) < 4.78 is 18.5. The number of rotatable bonds is 10. The van der Waals surface area contributed by atoms with Crippen molar-refractivity contribution in [3.63, 3.8) is 0 Å². The molecule has 0 aliphatic carbocycles. The molecule has 1 N–H and O–H groups in total. The molecule has 6 nitrogen and oxygen atoms in total. The first-order valence-corrected chi connectivity index (χ1v) is 12.3. The van der Waals surface area contributed by atoms with Crippen molar-refractivity contribution in [2.45, 2.75) is 20.0 Å². The number of methoxy groups -OCH3 is 1. The lowest BCUT2D eigenvalue weighted by Gasteiger charge is -2.17. The number of nitrogens with one attached hydrogen (secondary N) is 1. The summed E-state index contributed by atoms with van der Waals surface area (Å²) in [6.45, 7) is 6.71. The fourth-order valence-corrected chi connectivity index (χ4v) is 4.06. The summed E-state index contributed by atoms with van der Waals surface area (Å²) in [7, 11) is 1.61. The summed E-state index contributed by atoms with van der Waals surface area (Å²) in [6, 6.07) is 19.7. The van der Waals surface area contributed by atoms with E-state index in [2.05, 4.69) is 38.5 Å². The SMILES string of the molecule is C=CCc1cc(/C=C(/C#N)c2nc3ccc(OC)cc3[nH]2)cc(OCC)c1OCc1ccc(Br)cc1. The van der Waals surface area contributed by atoms with Gasteiger partial charge in [-0.15, -0.1) is 6.58 Å². The van der Waals surface area contributed by atoms with Gasteiger partial charge in [-0.2, -0.15) is 5.26 Å². The molecule has 0 saturated heterocycles. The van der Waals surface area contributed by atoms with Crippen molar-refractivity contribution >= 4 is 38.6 Å². The molecule has 4 aromatic rings. The molecule has 3 aromatic carbocycles. The third kappa shape index (κ3) is 5.78. The highest BCUT2D eigenvalue weighted by Crippen LogP contribution is 2.36. The Kier molecular flexibility index (Phi) is 8.09. The zero-order valence-electron chi connectivity index (χ0n) is 20.2. The van der Waals surface area contributed by atoms with Crippen molar-refractivity contribution in [2.75, 3.05) is 13.7 Å². The average molecular weight is 544 g/mol. The number of nitriles is 1. The molecule has 1 aromatic heterocycles. The molecule has 0 amide bonds. The molecule has 0 fully saturated rings. The Morgan fingerprint density at radius 2 is 1.94 bits per heavy atom. The van der Waals surface area contributed by atoms with Crippen LogP contribution in [0.3, 0.4) is 0 Å². The maximum atomic E-state index is 9.92. The standard InChI is InChI=1S/C29H26BrN3O3/c1-4-6-21-13-20(14-22(17-31)29-32-25-12-11-24(34-3)16-26(25)33-29)15-27(35-5-2)28(21)36-18-19-7-9-23(30)10-8-19/h4,7-16H,1,5-6,18H2,2-3H3,(H,32,33)/b22-14-. The Hall–Kier alpha value is -4.02. The molecular formula is C29H26BrN3O3. The van der Waals surface area contributed by atoms with Crippen LogP contribution in [0.1, 0.15) is 29.4 Å². The van der Waals surface area contributed by atoms with E-state index >= 15 is 0 Å². The Morgan fingerprint density at radius 1 is 1.14 bits per heavy atom. The second-order valence-corrected chi connectivity index (χ2v) is 8.90. The molecule has 0 radical (unpaired) electrons. The first-order valence-electron chi connectivity index (χ1n) is 11.5. The highest BCUT2D eigenvalue weighted by atomic mass is 79.9. The third-order valence-electron chi connectivity index (χ3n) is 5.49. The molecule has 0 aliphatic rings. The fraction of sp³-hybridized carbons (Fsp3) is 0.172. The Balaban J connectivity index is 1.71. The lowest BCUT2D eigenvalue weighted by molar-refractivity contribution is 0.267. The van der Waals surface area contributed by atoms with Gasteiger partial charge in [-0.25, -0.2) is 4.98 Å². The number of nitrogens with zero attached hydrogens (tertiary/aromatic N) is 2. The van der Waals surface area contributed by atoms with E-state index in [1.54, 1.807) is 13.2 Å². The van der Waals surface area contributed by atoms with Crippen molar-refractivity contribution in [1.29, 1.82) is 5.26 Å². The molecule has 4 rings (SSSR count). The van der Waals surface area contributed by atoms with E-state index in [-0.39, 0.29) is 0 Å². The first-order chi connectivity index (χ1) is 17.5. The van der Waals surface area contributed by atoms with Gasteiger partial charge in [0.1, 0.15) is 24.3 Å². The van der Waals surface area contributed by atoms with E-state index in [1.165, 1.54) is 0 Å². The normalized spacial score (nSPS) is 11.2. The summed E-state index contributed by atoms with van der Waals surface area (Å²) >= 11 is 3.46. The van der Waals surface area contributed by atoms with Gasteiger partial charge in [0.25, 0.3) is 0 Å². The number of hydrogen-bond donors (Lipinski definition) is 1. The highest BCUT2D eigenvalue weighted by Gasteiger charge is 2.15. The molecule has 0 bridgehead atoms. The summed E-state index contributed by atoms with van der Waals surface area (Å²) in [5.74, 6) is 2.49. The van der Waals surface area contributed by atoms with Gasteiger partial charge in [-0.1, -0.05) is 34.1 Å². The van der Waals surface area contributed by atoms with Crippen LogP contribution in [-0.2, 0) is 13.0 Å². The van der Waals surface area contributed by atoms with Crippen molar-refractivity contribution in [2.24, 2.45) is 0 Å². The number of fused-ring (bicyclic) bond motifs is 1. The lowest BCUT2D eigenvalue weighted by atomic mass is 10.0. The van der Waals surface area contributed by atoms with Crippen molar-refractivity contribution in [3.05, 3.63) is 94.2 Å². The molecular weight excluding hydrogens is 518 g/mol. The van der Waals surface area contributed by atoms with Crippen LogP contribution in [0, 0.1) is 11.3 Å². The number of aromatic amines is 1. The maximum Gasteiger partial charge on any atom is 0.165 e. The molecule has 182 valence electrons. The summed E-state index contributed by atoms with van der Waals surface area (Å²) in [4.78, 5) is 7.80. The first kappa shape index (κ1) is 25.1. The van der Waals surface area contributed by atoms with E-state index in [0.29, 0.717) is 48.3 Å². The number of hydrogen-bond acceptors (Lipinski definition) is 5. The van der Waals surface area contributed by atoms with Gasteiger partial charge in [0.15, 0.2) is 11.5 Å². The molecule has 0 aliphatic heterocycles. The second-order valence-electron chi connectivity index (χ2n) is 7.99. The number of halogens is 1. The summed E-state index contributed by atoms with van der Waals surface area (Å²) in [5.41, 5.74) is 4.73. The zero-order chi connectivity index (χ0) is 25.5. The molecule has 0 spiro atoms. The van der Waals surface area contributed by atoms with E-state index in [9.17, 15) is 5.26 Å². The van der Waals surface area contributed by atoms with Crippen LogP contribution in [0.2, 0.25) is 0 Å².